The Kier molecular flexibility index (Phi) is 3.50. The van der Waals surface area contributed by atoms with Crippen molar-refractivity contribution in [3.63, 3.8) is 0 Å². The lowest BCUT2D eigenvalue weighted by Crippen LogP contribution is -2.35. The highest BCUT2D eigenvalue weighted by Gasteiger charge is 2.22. The molecule has 4 nitrogen and oxygen atoms in total. The quantitative estimate of drug-likeness (QED) is 0.779. The van der Waals surface area contributed by atoms with Gasteiger partial charge in [0.1, 0.15) is 11.9 Å². The average molecular weight is 306 g/mol. The molecule has 0 bridgehead atoms. The number of carbonyl (C=O) groups is 1. The standard InChI is InChI=1S/C19H18N2O2/c22-19(10-14-11-20-17-7-3-2-6-16(14)17)21-12-15-9-13-5-1-4-8-18(13)23-15/h1-8,11,15,20H,9-10,12H2,(H,21,22). The Morgan fingerprint density at radius 2 is 2.00 bits per heavy atom. The lowest BCUT2D eigenvalue weighted by molar-refractivity contribution is -0.120. The zero-order chi connectivity index (χ0) is 15.6. The van der Waals surface area contributed by atoms with Crippen LogP contribution in [0.25, 0.3) is 10.9 Å². The number of H-pyrrole nitrogens is 1. The molecular weight excluding hydrogens is 288 g/mol. The number of para-hydroxylation sites is 2. The average Bonchev–Trinajstić information content (AvgIpc) is 3.17. The number of amides is 1. The van der Waals surface area contributed by atoms with Gasteiger partial charge in [0.05, 0.1) is 13.0 Å². The van der Waals surface area contributed by atoms with E-state index in [1.54, 1.807) is 0 Å². The normalized spacial score (nSPS) is 16.1. The summed E-state index contributed by atoms with van der Waals surface area (Å²) in [6.45, 7) is 0.538. The molecular formula is C19H18N2O2. The van der Waals surface area contributed by atoms with Crippen molar-refractivity contribution >= 4 is 16.8 Å². The first-order valence-corrected chi connectivity index (χ1v) is 7.86. The van der Waals surface area contributed by atoms with Crippen molar-refractivity contribution in [1.29, 1.82) is 0 Å². The van der Waals surface area contributed by atoms with E-state index in [2.05, 4.69) is 16.4 Å². The van der Waals surface area contributed by atoms with Crippen LogP contribution in [0.1, 0.15) is 11.1 Å². The van der Waals surface area contributed by atoms with Gasteiger partial charge in [0.2, 0.25) is 5.91 Å². The summed E-state index contributed by atoms with van der Waals surface area (Å²) < 4.78 is 5.84. The fourth-order valence-corrected chi connectivity index (χ4v) is 3.11. The van der Waals surface area contributed by atoms with Gasteiger partial charge in [-0.15, -0.1) is 0 Å². The van der Waals surface area contributed by atoms with Crippen LogP contribution in [0.5, 0.6) is 5.75 Å². The first kappa shape index (κ1) is 13.9. The number of fused-ring (bicyclic) bond motifs is 2. The Bertz CT molecular complexity index is 828. The highest BCUT2D eigenvalue weighted by molar-refractivity contribution is 5.88. The zero-order valence-electron chi connectivity index (χ0n) is 12.7. The topological polar surface area (TPSA) is 54.1 Å². The summed E-state index contributed by atoms with van der Waals surface area (Å²) in [4.78, 5) is 15.4. The van der Waals surface area contributed by atoms with Crippen molar-refractivity contribution < 1.29 is 9.53 Å². The van der Waals surface area contributed by atoms with Crippen molar-refractivity contribution in [1.82, 2.24) is 10.3 Å². The van der Waals surface area contributed by atoms with Gasteiger partial charge in [-0.1, -0.05) is 36.4 Å². The Morgan fingerprint density at radius 3 is 2.91 bits per heavy atom. The molecule has 0 fully saturated rings. The number of ether oxygens (including phenoxy) is 1. The number of benzene rings is 2. The molecule has 4 heteroatoms. The molecule has 4 rings (SSSR count). The fraction of sp³-hybridized carbons (Fsp3) is 0.211. The van der Waals surface area contributed by atoms with Gasteiger partial charge in [-0.05, 0) is 23.3 Å². The van der Waals surface area contributed by atoms with Gasteiger partial charge in [-0.3, -0.25) is 4.79 Å². The van der Waals surface area contributed by atoms with Gasteiger partial charge < -0.3 is 15.0 Å². The van der Waals surface area contributed by atoms with Crippen LogP contribution >= 0.6 is 0 Å². The van der Waals surface area contributed by atoms with E-state index in [0.29, 0.717) is 13.0 Å². The van der Waals surface area contributed by atoms with Crippen LogP contribution in [-0.4, -0.2) is 23.5 Å². The number of hydrogen-bond donors (Lipinski definition) is 2. The molecule has 1 amide bonds. The fourth-order valence-electron chi connectivity index (χ4n) is 3.11. The third kappa shape index (κ3) is 2.80. The smallest absolute Gasteiger partial charge is 0.224 e. The van der Waals surface area contributed by atoms with Gasteiger partial charge in [0.15, 0.2) is 0 Å². The molecule has 116 valence electrons. The summed E-state index contributed by atoms with van der Waals surface area (Å²) >= 11 is 0. The van der Waals surface area contributed by atoms with Crippen LogP contribution in [0.2, 0.25) is 0 Å². The van der Waals surface area contributed by atoms with Gasteiger partial charge in [0, 0.05) is 23.5 Å². The van der Waals surface area contributed by atoms with Gasteiger partial charge >= 0.3 is 0 Å². The Hall–Kier alpha value is -2.75. The second-order valence-corrected chi connectivity index (χ2v) is 5.89. The third-order valence-corrected chi connectivity index (χ3v) is 4.27. The minimum absolute atomic E-state index is 0.0225. The van der Waals surface area contributed by atoms with Crippen LogP contribution in [0.4, 0.5) is 0 Å². The molecule has 0 radical (unpaired) electrons. The zero-order valence-corrected chi connectivity index (χ0v) is 12.7. The van der Waals surface area contributed by atoms with E-state index >= 15 is 0 Å². The molecule has 1 aromatic heterocycles. The molecule has 0 spiro atoms. The molecule has 1 aliphatic heterocycles. The summed E-state index contributed by atoms with van der Waals surface area (Å²) in [6, 6.07) is 16.0. The maximum absolute atomic E-state index is 12.2. The van der Waals surface area contributed by atoms with Crippen LogP contribution in [-0.2, 0) is 17.6 Å². The molecule has 3 aromatic rings. The monoisotopic (exact) mass is 306 g/mol. The minimum atomic E-state index is 0.0225. The SMILES string of the molecule is O=C(Cc1c[nH]c2ccccc12)NCC1Cc2ccccc2O1. The van der Waals surface area contributed by atoms with E-state index in [1.165, 1.54) is 5.56 Å². The highest BCUT2D eigenvalue weighted by Crippen LogP contribution is 2.27. The third-order valence-electron chi connectivity index (χ3n) is 4.27. The summed E-state index contributed by atoms with van der Waals surface area (Å²) in [6.07, 6.45) is 3.17. The van der Waals surface area contributed by atoms with Gasteiger partial charge in [0.25, 0.3) is 0 Å². The van der Waals surface area contributed by atoms with Gasteiger partial charge in [-0.25, -0.2) is 0 Å². The number of nitrogens with one attached hydrogen (secondary N) is 2. The van der Waals surface area contributed by atoms with Crippen molar-refractivity contribution in [2.45, 2.75) is 18.9 Å². The van der Waals surface area contributed by atoms with Crippen LogP contribution in [0.3, 0.4) is 0 Å². The first-order valence-electron chi connectivity index (χ1n) is 7.86. The predicted octanol–water partition coefficient (Wildman–Crippen LogP) is 2.83. The van der Waals surface area contributed by atoms with Crippen LogP contribution < -0.4 is 10.1 Å². The summed E-state index contributed by atoms with van der Waals surface area (Å²) in [5.74, 6) is 0.956. The largest absolute Gasteiger partial charge is 0.488 e. The van der Waals surface area contributed by atoms with E-state index < -0.39 is 0 Å². The number of rotatable bonds is 4. The summed E-state index contributed by atoms with van der Waals surface area (Å²) in [5, 5.41) is 4.09. The second-order valence-electron chi connectivity index (χ2n) is 5.89. The molecule has 0 saturated heterocycles. The van der Waals surface area contributed by atoms with Crippen molar-refractivity contribution in [3.05, 3.63) is 65.9 Å². The Labute approximate surface area is 134 Å². The molecule has 2 N–H and O–H groups in total. The number of aromatic nitrogens is 1. The van der Waals surface area contributed by atoms with Gasteiger partial charge in [-0.2, -0.15) is 0 Å². The lowest BCUT2D eigenvalue weighted by atomic mass is 10.1. The van der Waals surface area contributed by atoms with E-state index in [1.807, 2.05) is 48.7 Å². The predicted molar refractivity (Wildman–Crippen MR) is 89.6 cm³/mol. The Balaban J connectivity index is 1.35. The molecule has 23 heavy (non-hydrogen) atoms. The molecule has 2 aromatic carbocycles. The number of carbonyl (C=O) groups excluding carboxylic acids is 1. The van der Waals surface area contributed by atoms with E-state index in [0.717, 1.165) is 28.6 Å². The summed E-state index contributed by atoms with van der Waals surface area (Å²) in [7, 11) is 0. The molecule has 0 saturated carbocycles. The summed E-state index contributed by atoms with van der Waals surface area (Å²) in [5.41, 5.74) is 3.29. The van der Waals surface area contributed by atoms with Crippen LogP contribution in [0.15, 0.2) is 54.7 Å². The van der Waals surface area contributed by atoms with E-state index in [9.17, 15) is 4.79 Å². The second kappa shape index (κ2) is 5.80. The first-order chi connectivity index (χ1) is 11.3. The molecule has 2 heterocycles. The number of aromatic amines is 1. The van der Waals surface area contributed by atoms with E-state index in [4.69, 9.17) is 4.74 Å². The maximum atomic E-state index is 12.2. The minimum Gasteiger partial charge on any atom is -0.488 e. The molecule has 1 atom stereocenters. The Morgan fingerprint density at radius 1 is 1.17 bits per heavy atom. The van der Waals surface area contributed by atoms with Crippen molar-refractivity contribution in [2.24, 2.45) is 0 Å². The van der Waals surface area contributed by atoms with Crippen molar-refractivity contribution in [2.75, 3.05) is 6.54 Å². The van der Waals surface area contributed by atoms with E-state index in [-0.39, 0.29) is 12.0 Å². The van der Waals surface area contributed by atoms with Crippen molar-refractivity contribution in [3.8, 4) is 5.75 Å². The maximum Gasteiger partial charge on any atom is 0.224 e. The molecule has 0 aliphatic carbocycles. The highest BCUT2D eigenvalue weighted by atomic mass is 16.5. The number of hydrogen-bond acceptors (Lipinski definition) is 2. The lowest BCUT2D eigenvalue weighted by Gasteiger charge is -2.11. The molecule has 1 aliphatic rings. The molecule has 1 unspecified atom stereocenters. The van der Waals surface area contributed by atoms with Crippen LogP contribution in [0, 0.1) is 0 Å².